The third kappa shape index (κ3) is 5.76. The van der Waals surface area contributed by atoms with Gasteiger partial charge in [0, 0.05) is 29.7 Å². The van der Waals surface area contributed by atoms with Crippen LogP contribution in [0, 0.1) is 5.92 Å². The summed E-state index contributed by atoms with van der Waals surface area (Å²) >= 11 is 6.00. The average molecular weight is 509 g/mol. The highest BCUT2D eigenvalue weighted by atomic mass is 35.5. The number of benzene rings is 2. The topological polar surface area (TPSA) is 67.9 Å². The first-order chi connectivity index (χ1) is 17.5. The maximum absolute atomic E-state index is 13.0. The molecule has 3 aliphatic rings. The Morgan fingerprint density at radius 2 is 1.89 bits per heavy atom. The number of ether oxygens (including phenoxy) is 2. The summed E-state index contributed by atoms with van der Waals surface area (Å²) in [6.45, 7) is 5.51. The molecule has 2 heterocycles. The number of rotatable bonds is 9. The van der Waals surface area contributed by atoms with Gasteiger partial charge in [-0.2, -0.15) is 0 Å². The summed E-state index contributed by atoms with van der Waals surface area (Å²) in [5.74, 6) is 2.11. The van der Waals surface area contributed by atoms with Crippen molar-refractivity contribution in [2.75, 3.05) is 26.2 Å². The van der Waals surface area contributed by atoms with E-state index in [4.69, 9.17) is 21.1 Å². The molecule has 0 unspecified atom stereocenters. The highest BCUT2D eigenvalue weighted by molar-refractivity contribution is 6.31. The SMILES string of the molecule is C/C(=C1/Oc2cccc(OCCCCN3CCC(NC(=O)c4cccc(Cl)c4)CC3)c2C1=O)C1CC1. The third-order valence-electron chi connectivity index (χ3n) is 7.32. The predicted molar refractivity (Wildman–Crippen MR) is 140 cm³/mol. The first-order valence-electron chi connectivity index (χ1n) is 13.0. The average Bonchev–Trinajstić information content (AvgIpc) is 3.68. The zero-order valence-electron chi connectivity index (χ0n) is 20.7. The van der Waals surface area contributed by atoms with Crippen LogP contribution in [0.1, 0.15) is 66.2 Å². The van der Waals surface area contributed by atoms with Gasteiger partial charge >= 0.3 is 0 Å². The Morgan fingerprint density at radius 3 is 2.64 bits per heavy atom. The molecule has 0 atom stereocenters. The molecule has 1 amide bonds. The quantitative estimate of drug-likeness (QED) is 0.350. The van der Waals surface area contributed by atoms with E-state index in [1.54, 1.807) is 24.3 Å². The van der Waals surface area contributed by atoms with E-state index in [2.05, 4.69) is 10.2 Å². The summed E-state index contributed by atoms with van der Waals surface area (Å²) < 4.78 is 11.9. The summed E-state index contributed by atoms with van der Waals surface area (Å²) in [5.41, 5.74) is 2.23. The molecule has 5 rings (SSSR count). The van der Waals surface area contributed by atoms with E-state index >= 15 is 0 Å². The minimum Gasteiger partial charge on any atom is -0.493 e. The third-order valence-corrected chi connectivity index (χ3v) is 7.55. The van der Waals surface area contributed by atoms with Crippen LogP contribution in [0.25, 0.3) is 0 Å². The van der Waals surface area contributed by atoms with Gasteiger partial charge in [-0.05, 0) is 93.8 Å². The second-order valence-corrected chi connectivity index (χ2v) is 10.4. The van der Waals surface area contributed by atoms with Crippen LogP contribution in [-0.2, 0) is 0 Å². The highest BCUT2D eigenvalue weighted by Gasteiger charge is 2.36. The number of amides is 1. The lowest BCUT2D eigenvalue weighted by Gasteiger charge is -2.32. The zero-order chi connectivity index (χ0) is 25.1. The summed E-state index contributed by atoms with van der Waals surface area (Å²) in [4.78, 5) is 27.9. The van der Waals surface area contributed by atoms with Crippen LogP contribution in [-0.4, -0.2) is 48.9 Å². The monoisotopic (exact) mass is 508 g/mol. The molecule has 1 N–H and O–H groups in total. The Balaban J connectivity index is 1.02. The van der Waals surface area contributed by atoms with Crippen LogP contribution >= 0.6 is 11.6 Å². The molecule has 0 bridgehead atoms. The molecule has 7 heteroatoms. The fourth-order valence-electron chi connectivity index (χ4n) is 4.99. The number of unbranched alkanes of at least 4 members (excludes halogenated alkanes) is 1. The Kier molecular flexibility index (Phi) is 7.63. The molecule has 1 saturated carbocycles. The van der Waals surface area contributed by atoms with Crippen molar-refractivity contribution in [1.29, 1.82) is 0 Å². The number of ketones is 1. The summed E-state index contributed by atoms with van der Waals surface area (Å²) in [5, 5.41) is 3.71. The number of nitrogens with one attached hydrogen (secondary N) is 1. The Hall–Kier alpha value is -2.83. The Morgan fingerprint density at radius 1 is 1.11 bits per heavy atom. The van der Waals surface area contributed by atoms with E-state index in [0.717, 1.165) is 63.7 Å². The lowest BCUT2D eigenvalue weighted by molar-refractivity contribution is 0.0909. The standard InChI is InChI=1S/C29H33ClN2O4/c1-19(20-10-11-20)28-27(33)26-24(8-5-9-25(26)36-28)35-17-3-2-14-32-15-12-23(13-16-32)31-29(34)21-6-4-7-22(30)18-21/h4-9,18,20,23H,2-3,10-17H2,1H3,(H,31,34)/b28-19-. The number of carbonyl (C=O) groups is 2. The number of Topliss-reactive ketones (excluding diaryl/α,β-unsaturated/α-hetero) is 1. The van der Waals surface area contributed by atoms with Gasteiger partial charge in [-0.25, -0.2) is 0 Å². The molecule has 190 valence electrons. The Labute approximate surface area is 217 Å². The molecule has 1 saturated heterocycles. The van der Waals surface area contributed by atoms with Gasteiger partial charge in [0.25, 0.3) is 5.91 Å². The van der Waals surface area contributed by atoms with Crippen LogP contribution in [0.2, 0.25) is 5.02 Å². The first-order valence-corrected chi connectivity index (χ1v) is 13.4. The van der Waals surface area contributed by atoms with Gasteiger partial charge in [0.15, 0.2) is 5.76 Å². The van der Waals surface area contributed by atoms with Gasteiger partial charge < -0.3 is 19.7 Å². The lowest BCUT2D eigenvalue weighted by atomic mass is 10.0. The molecule has 2 aromatic rings. The Bertz CT molecular complexity index is 1170. The van der Waals surface area contributed by atoms with Crippen LogP contribution in [0.3, 0.4) is 0 Å². The molecular formula is C29H33ClN2O4. The van der Waals surface area contributed by atoms with E-state index in [-0.39, 0.29) is 17.7 Å². The molecule has 2 aliphatic heterocycles. The number of hydrogen-bond acceptors (Lipinski definition) is 5. The minimum atomic E-state index is -0.0605. The molecule has 2 aromatic carbocycles. The van der Waals surface area contributed by atoms with Gasteiger partial charge in [-0.3, -0.25) is 9.59 Å². The van der Waals surface area contributed by atoms with Crippen LogP contribution in [0.5, 0.6) is 11.5 Å². The number of hydrogen-bond donors (Lipinski definition) is 1. The molecular weight excluding hydrogens is 476 g/mol. The molecule has 1 aliphatic carbocycles. The van der Waals surface area contributed by atoms with Gasteiger partial charge in [-0.15, -0.1) is 0 Å². The number of nitrogens with zero attached hydrogens (tertiary/aromatic N) is 1. The maximum Gasteiger partial charge on any atom is 0.251 e. The maximum atomic E-state index is 13.0. The summed E-state index contributed by atoms with van der Waals surface area (Å²) in [6.07, 6.45) is 6.09. The van der Waals surface area contributed by atoms with Crippen molar-refractivity contribution in [1.82, 2.24) is 10.2 Å². The van der Waals surface area contributed by atoms with Crippen LogP contribution in [0.15, 0.2) is 53.8 Å². The van der Waals surface area contributed by atoms with Gasteiger partial charge in [-0.1, -0.05) is 23.7 Å². The van der Waals surface area contributed by atoms with Crippen molar-refractivity contribution in [3.05, 3.63) is 69.9 Å². The number of carbonyl (C=O) groups excluding carboxylic acids is 2. The molecule has 0 radical (unpaired) electrons. The second kappa shape index (κ2) is 11.1. The van der Waals surface area contributed by atoms with E-state index < -0.39 is 0 Å². The summed E-state index contributed by atoms with van der Waals surface area (Å²) in [7, 11) is 0. The van der Waals surface area contributed by atoms with Crippen molar-refractivity contribution < 1.29 is 19.1 Å². The smallest absolute Gasteiger partial charge is 0.251 e. The van der Waals surface area contributed by atoms with Crippen LogP contribution in [0.4, 0.5) is 0 Å². The number of fused-ring (bicyclic) bond motifs is 1. The van der Waals surface area contributed by atoms with Crippen molar-refractivity contribution >= 4 is 23.3 Å². The first kappa shape index (κ1) is 24.8. The van der Waals surface area contributed by atoms with Crippen molar-refractivity contribution in [3.8, 4) is 11.5 Å². The van der Waals surface area contributed by atoms with E-state index in [1.807, 2.05) is 25.1 Å². The van der Waals surface area contributed by atoms with Gasteiger partial charge in [0.1, 0.15) is 17.1 Å². The number of allylic oxidation sites excluding steroid dienone is 2. The highest BCUT2D eigenvalue weighted by Crippen LogP contribution is 2.43. The molecule has 36 heavy (non-hydrogen) atoms. The van der Waals surface area contributed by atoms with Crippen molar-refractivity contribution in [2.45, 2.75) is 51.5 Å². The number of halogens is 1. The molecule has 0 spiro atoms. The fraction of sp³-hybridized carbons (Fsp3) is 0.448. The second-order valence-electron chi connectivity index (χ2n) is 10.0. The normalized spacial score (nSPS) is 19.6. The molecule has 6 nitrogen and oxygen atoms in total. The van der Waals surface area contributed by atoms with E-state index in [9.17, 15) is 9.59 Å². The van der Waals surface area contributed by atoms with E-state index in [0.29, 0.717) is 45.9 Å². The molecule has 0 aromatic heterocycles. The number of likely N-dealkylation sites (tertiary alicyclic amines) is 1. The minimum absolute atomic E-state index is 0.0460. The summed E-state index contributed by atoms with van der Waals surface area (Å²) in [6, 6.07) is 12.8. The zero-order valence-corrected chi connectivity index (χ0v) is 21.5. The van der Waals surface area contributed by atoms with Gasteiger partial charge in [0.2, 0.25) is 5.78 Å². The fourth-order valence-corrected chi connectivity index (χ4v) is 5.18. The van der Waals surface area contributed by atoms with Crippen molar-refractivity contribution in [2.24, 2.45) is 5.92 Å². The predicted octanol–water partition coefficient (Wildman–Crippen LogP) is 5.65. The van der Waals surface area contributed by atoms with E-state index in [1.165, 1.54) is 0 Å². The van der Waals surface area contributed by atoms with Gasteiger partial charge in [0.05, 0.1) is 6.61 Å². The molecule has 2 fully saturated rings. The largest absolute Gasteiger partial charge is 0.493 e. The lowest BCUT2D eigenvalue weighted by Crippen LogP contribution is -2.44. The van der Waals surface area contributed by atoms with Crippen molar-refractivity contribution in [3.63, 3.8) is 0 Å². The number of piperidine rings is 1. The van der Waals surface area contributed by atoms with Crippen LogP contribution < -0.4 is 14.8 Å².